The van der Waals surface area contributed by atoms with Crippen molar-refractivity contribution in [1.82, 2.24) is 0 Å². The van der Waals surface area contributed by atoms with Crippen LogP contribution in [0.2, 0.25) is 0 Å². The number of carbonyl (C=O) groups excluding carboxylic acids is 1. The van der Waals surface area contributed by atoms with E-state index in [0.717, 1.165) is 29.7 Å². The van der Waals surface area contributed by atoms with Gasteiger partial charge in [0.25, 0.3) is 0 Å². The number of benzene rings is 2. The van der Waals surface area contributed by atoms with Crippen LogP contribution in [-0.4, -0.2) is 18.4 Å². The van der Waals surface area contributed by atoms with Crippen molar-refractivity contribution < 1.29 is 14.3 Å². The highest BCUT2D eigenvalue weighted by Gasteiger charge is 2.38. The molecule has 3 rings (SSSR count). The Balaban J connectivity index is 1.52. The van der Waals surface area contributed by atoms with Crippen molar-refractivity contribution in [3.63, 3.8) is 0 Å². The number of hydrogen-bond acceptors (Lipinski definition) is 5. The number of ether oxygens (including phenoxy) is 2. The van der Waals surface area contributed by atoms with E-state index in [1.165, 1.54) is 0 Å². The van der Waals surface area contributed by atoms with Gasteiger partial charge < -0.3 is 15.2 Å². The molecule has 132 valence electrons. The molecule has 0 spiro atoms. The Bertz CT molecular complexity index is 830. The molecule has 0 saturated carbocycles. The van der Waals surface area contributed by atoms with Gasteiger partial charge in [0.1, 0.15) is 11.5 Å². The molecule has 0 unspecified atom stereocenters. The summed E-state index contributed by atoms with van der Waals surface area (Å²) in [5, 5.41) is 8.18. The Morgan fingerprint density at radius 2 is 1.58 bits per heavy atom. The third kappa shape index (κ3) is 4.61. The second-order valence-corrected chi connectivity index (χ2v) is 5.95. The summed E-state index contributed by atoms with van der Waals surface area (Å²) in [6.07, 6.45) is 6.64. The molecule has 0 aromatic heterocycles. The Labute approximate surface area is 152 Å². The average Bonchev–Trinajstić information content (AvgIpc) is 3.41. The van der Waals surface area contributed by atoms with Crippen molar-refractivity contribution in [2.24, 2.45) is 16.0 Å². The summed E-state index contributed by atoms with van der Waals surface area (Å²) in [4.78, 5) is 10.7. The molecular formula is C20H19N3O3. The fraction of sp³-hybridized carbons (Fsp3) is 0.250. The summed E-state index contributed by atoms with van der Waals surface area (Å²) in [6, 6.07) is 14.9. The van der Waals surface area contributed by atoms with E-state index < -0.39 is 6.09 Å². The molecule has 26 heavy (non-hydrogen) atoms. The maximum atomic E-state index is 10.7. The molecule has 6 heteroatoms. The normalized spacial score (nSPS) is 13.7. The number of nitrogens with zero attached hydrogens (tertiary/aromatic N) is 2. The van der Waals surface area contributed by atoms with E-state index in [0.29, 0.717) is 18.8 Å². The van der Waals surface area contributed by atoms with Crippen LogP contribution in [0.3, 0.4) is 0 Å². The standard InChI is InChI=1S/C20H19N3O3/c1-2-3-12-20(22-23-20)13-14-25-17-8-4-15(5-9-17)16-6-10-18(11-7-16)26-19(21)24/h1,4-11H,3,12-14H2,(H2,21,24). The van der Waals surface area contributed by atoms with Gasteiger partial charge in [-0.15, -0.1) is 12.3 Å². The third-order valence-corrected chi connectivity index (χ3v) is 4.08. The Kier molecular flexibility index (Phi) is 5.18. The molecule has 0 aliphatic carbocycles. The summed E-state index contributed by atoms with van der Waals surface area (Å²) in [5.74, 6) is 3.81. The van der Waals surface area contributed by atoms with Crippen LogP contribution in [0.5, 0.6) is 11.5 Å². The van der Waals surface area contributed by atoms with Crippen LogP contribution in [-0.2, 0) is 0 Å². The molecular weight excluding hydrogens is 330 g/mol. The molecule has 2 aromatic carbocycles. The van der Waals surface area contributed by atoms with Gasteiger partial charge in [-0.1, -0.05) is 24.3 Å². The predicted octanol–water partition coefficient (Wildman–Crippen LogP) is 4.16. The lowest BCUT2D eigenvalue weighted by molar-refractivity contribution is 0.211. The van der Waals surface area contributed by atoms with Crippen LogP contribution >= 0.6 is 0 Å². The van der Waals surface area contributed by atoms with Gasteiger partial charge in [0.2, 0.25) is 0 Å². The first-order valence-electron chi connectivity index (χ1n) is 8.28. The van der Waals surface area contributed by atoms with Gasteiger partial charge in [-0.2, -0.15) is 10.2 Å². The predicted molar refractivity (Wildman–Crippen MR) is 97.9 cm³/mol. The molecule has 1 aliphatic rings. The van der Waals surface area contributed by atoms with E-state index in [4.69, 9.17) is 21.6 Å². The van der Waals surface area contributed by atoms with E-state index in [1.54, 1.807) is 12.1 Å². The number of nitrogens with two attached hydrogens (primary N) is 1. The molecule has 1 amide bonds. The largest absolute Gasteiger partial charge is 0.493 e. The Hall–Kier alpha value is -3.33. The molecule has 0 radical (unpaired) electrons. The quantitative estimate of drug-likeness (QED) is 0.726. The fourth-order valence-electron chi connectivity index (χ4n) is 2.58. The fourth-order valence-corrected chi connectivity index (χ4v) is 2.58. The molecule has 0 fully saturated rings. The Morgan fingerprint density at radius 1 is 1.00 bits per heavy atom. The Morgan fingerprint density at radius 3 is 2.08 bits per heavy atom. The summed E-state index contributed by atoms with van der Waals surface area (Å²) in [7, 11) is 0. The highest BCUT2D eigenvalue weighted by molar-refractivity contribution is 5.69. The molecule has 0 atom stereocenters. The summed E-state index contributed by atoms with van der Waals surface area (Å²) in [5.41, 5.74) is 6.70. The monoisotopic (exact) mass is 349 g/mol. The minimum absolute atomic E-state index is 0.318. The smallest absolute Gasteiger partial charge is 0.409 e. The number of terminal acetylenes is 1. The SMILES string of the molecule is C#CCCC1(CCOc2ccc(-c3ccc(OC(N)=O)cc3)cc2)N=N1. The van der Waals surface area contributed by atoms with Crippen molar-refractivity contribution in [2.45, 2.75) is 24.9 Å². The lowest BCUT2D eigenvalue weighted by Gasteiger charge is -2.11. The zero-order valence-corrected chi connectivity index (χ0v) is 14.2. The van der Waals surface area contributed by atoms with Crippen molar-refractivity contribution in [1.29, 1.82) is 0 Å². The summed E-state index contributed by atoms with van der Waals surface area (Å²) < 4.78 is 10.6. The van der Waals surface area contributed by atoms with Crippen LogP contribution in [0.4, 0.5) is 4.79 Å². The topological polar surface area (TPSA) is 86.3 Å². The lowest BCUT2D eigenvalue weighted by Crippen LogP contribution is -2.16. The van der Waals surface area contributed by atoms with Crippen molar-refractivity contribution >= 4 is 6.09 Å². The van der Waals surface area contributed by atoms with Crippen LogP contribution < -0.4 is 15.2 Å². The second-order valence-electron chi connectivity index (χ2n) is 5.95. The molecule has 6 nitrogen and oxygen atoms in total. The number of amides is 1. The molecule has 1 aliphatic heterocycles. The average molecular weight is 349 g/mol. The van der Waals surface area contributed by atoms with Crippen LogP contribution in [0, 0.1) is 12.3 Å². The first-order valence-corrected chi connectivity index (χ1v) is 8.28. The third-order valence-electron chi connectivity index (χ3n) is 4.08. The zero-order chi connectivity index (χ0) is 18.4. The minimum Gasteiger partial charge on any atom is -0.493 e. The maximum Gasteiger partial charge on any atom is 0.409 e. The maximum absolute atomic E-state index is 10.7. The molecule has 2 N–H and O–H groups in total. The van der Waals surface area contributed by atoms with Gasteiger partial charge in [-0.25, -0.2) is 4.79 Å². The van der Waals surface area contributed by atoms with Gasteiger partial charge in [0.15, 0.2) is 5.66 Å². The first kappa shape index (κ1) is 17.5. The highest BCUT2D eigenvalue weighted by atomic mass is 16.5. The zero-order valence-electron chi connectivity index (χ0n) is 14.2. The van der Waals surface area contributed by atoms with Gasteiger partial charge >= 0.3 is 6.09 Å². The number of hydrogen-bond donors (Lipinski definition) is 1. The van der Waals surface area contributed by atoms with Crippen molar-refractivity contribution in [2.75, 3.05) is 6.61 Å². The number of carbonyl (C=O) groups is 1. The van der Waals surface area contributed by atoms with Crippen LogP contribution in [0.25, 0.3) is 11.1 Å². The van der Waals surface area contributed by atoms with E-state index in [2.05, 4.69) is 16.1 Å². The molecule has 0 saturated heterocycles. The molecule has 2 aromatic rings. The van der Waals surface area contributed by atoms with Gasteiger partial charge in [-0.05, 0) is 35.4 Å². The van der Waals surface area contributed by atoms with Gasteiger partial charge in [0, 0.05) is 19.3 Å². The lowest BCUT2D eigenvalue weighted by atomic mass is 10.1. The van der Waals surface area contributed by atoms with Crippen LogP contribution in [0.1, 0.15) is 19.3 Å². The number of primary amides is 1. The summed E-state index contributed by atoms with van der Waals surface area (Å²) >= 11 is 0. The van der Waals surface area contributed by atoms with E-state index in [1.807, 2.05) is 36.4 Å². The van der Waals surface area contributed by atoms with Crippen molar-refractivity contribution in [3.05, 3.63) is 48.5 Å². The molecule has 0 bridgehead atoms. The first-order chi connectivity index (χ1) is 12.6. The van der Waals surface area contributed by atoms with Gasteiger partial charge in [-0.3, -0.25) is 0 Å². The van der Waals surface area contributed by atoms with E-state index in [-0.39, 0.29) is 5.66 Å². The van der Waals surface area contributed by atoms with Crippen molar-refractivity contribution in [3.8, 4) is 35.0 Å². The summed E-state index contributed by atoms with van der Waals surface area (Å²) in [6.45, 7) is 0.538. The minimum atomic E-state index is -0.827. The van der Waals surface area contributed by atoms with E-state index >= 15 is 0 Å². The number of rotatable bonds is 8. The molecule has 1 heterocycles. The highest BCUT2D eigenvalue weighted by Crippen LogP contribution is 2.36. The van der Waals surface area contributed by atoms with Crippen LogP contribution in [0.15, 0.2) is 58.8 Å². The van der Waals surface area contributed by atoms with E-state index in [9.17, 15) is 4.79 Å². The van der Waals surface area contributed by atoms with Gasteiger partial charge in [0.05, 0.1) is 6.61 Å². The second kappa shape index (κ2) is 7.70.